The molecule has 0 saturated heterocycles. The summed E-state index contributed by atoms with van der Waals surface area (Å²) in [5.74, 6) is 0.588. The molecular formula is C15H21F. The second-order valence-corrected chi connectivity index (χ2v) is 5.23. The van der Waals surface area contributed by atoms with Crippen LogP contribution in [0.3, 0.4) is 0 Å². The Morgan fingerprint density at radius 2 is 1.44 bits per heavy atom. The Morgan fingerprint density at radius 1 is 0.938 bits per heavy atom. The van der Waals surface area contributed by atoms with Crippen molar-refractivity contribution in [3.8, 4) is 0 Å². The van der Waals surface area contributed by atoms with E-state index in [1.807, 2.05) is 0 Å². The van der Waals surface area contributed by atoms with Crippen molar-refractivity contribution in [3.63, 3.8) is 0 Å². The molecule has 1 aromatic carbocycles. The van der Waals surface area contributed by atoms with Crippen LogP contribution in [0.25, 0.3) is 0 Å². The molecule has 0 nitrogen and oxygen atoms in total. The summed E-state index contributed by atoms with van der Waals surface area (Å²) in [5, 5.41) is 0. The fraction of sp³-hybridized carbons (Fsp3) is 0.600. The van der Waals surface area contributed by atoms with E-state index in [4.69, 9.17) is 0 Å². The molecule has 16 heavy (non-hydrogen) atoms. The van der Waals surface area contributed by atoms with Crippen LogP contribution in [-0.4, -0.2) is 6.17 Å². The topological polar surface area (TPSA) is 0 Å². The lowest BCUT2D eigenvalue weighted by Gasteiger charge is -2.25. The Morgan fingerprint density at radius 3 is 1.94 bits per heavy atom. The smallest absolute Gasteiger partial charge is 0.100 e. The monoisotopic (exact) mass is 220 g/mol. The Kier molecular flexibility index (Phi) is 3.32. The Labute approximate surface area is 97.9 Å². The van der Waals surface area contributed by atoms with Gasteiger partial charge in [-0.2, -0.15) is 0 Å². The molecule has 0 bridgehead atoms. The lowest BCUT2D eigenvalue weighted by Crippen LogP contribution is -2.14. The van der Waals surface area contributed by atoms with Crippen molar-refractivity contribution in [1.29, 1.82) is 0 Å². The van der Waals surface area contributed by atoms with Gasteiger partial charge in [0.1, 0.15) is 6.17 Å². The Balaban J connectivity index is 2.21. The molecule has 0 spiro atoms. The van der Waals surface area contributed by atoms with Gasteiger partial charge in [-0.3, -0.25) is 0 Å². The van der Waals surface area contributed by atoms with Crippen LogP contribution >= 0.6 is 0 Å². The molecule has 0 heterocycles. The van der Waals surface area contributed by atoms with Crippen molar-refractivity contribution in [2.24, 2.45) is 0 Å². The normalized spacial score (nSPS) is 25.8. The molecule has 1 aromatic rings. The number of hydrogen-bond acceptors (Lipinski definition) is 0. The molecule has 0 amide bonds. The third-order valence-corrected chi connectivity index (χ3v) is 4.08. The molecule has 0 N–H and O–H groups in total. The Hall–Kier alpha value is -0.850. The summed E-state index contributed by atoms with van der Waals surface area (Å²) >= 11 is 0. The van der Waals surface area contributed by atoms with Crippen LogP contribution in [0.2, 0.25) is 0 Å². The average molecular weight is 220 g/mol. The van der Waals surface area contributed by atoms with Gasteiger partial charge < -0.3 is 0 Å². The summed E-state index contributed by atoms with van der Waals surface area (Å²) in [5.41, 5.74) is 5.56. The zero-order valence-corrected chi connectivity index (χ0v) is 10.5. The molecule has 0 aliphatic heterocycles. The van der Waals surface area contributed by atoms with Gasteiger partial charge in [0.15, 0.2) is 0 Å². The van der Waals surface area contributed by atoms with Gasteiger partial charge in [-0.1, -0.05) is 12.1 Å². The fourth-order valence-electron chi connectivity index (χ4n) is 2.69. The van der Waals surface area contributed by atoms with Crippen LogP contribution in [0, 0.1) is 20.8 Å². The predicted octanol–water partition coefficient (Wildman–Crippen LogP) is 4.61. The van der Waals surface area contributed by atoms with Gasteiger partial charge in [0.05, 0.1) is 0 Å². The Bertz CT molecular complexity index is 350. The maximum atomic E-state index is 13.1. The number of aryl methyl sites for hydroxylation is 2. The van der Waals surface area contributed by atoms with Crippen molar-refractivity contribution < 1.29 is 4.39 Å². The van der Waals surface area contributed by atoms with Gasteiger partial charge in [0.2, 0.25) is 0 Å². The van der Waals surface area contributed by atoms with Crippen LogP contribution in [0.4, 0.5) is 4.39 Å². The van der Waals surface area contributed by atoms with E-state index >= 15 is 0 Å². The minimum Gasteiger partial charge on any atom is -0.247 e. The van der Waals surface area contributed by atoms with Gasteiger partial charge in [0.25, 0.3) is 0 Å². The molecule has 2 rings (SSSR count). The van der Waals surface area contributed by atoms with E-state index in [9.17, 15) is 4.39 Å². The van der Waals surface area contributed by atoms with E-state index < -0.39 is 6.17 Å². The van der Waals surface area contributed by atoms with Crippen LogP contribution < -0.4 is 0 Å². The summed E-state index contributed by atoms with van der Waals surface area (Å²) in [6, 6.07) is 4.59. The SMILES string of the molecule is Cc1cc(C2CCC(F)CC2)cc(C)c1C. The van der Waals surface area contributed by atoms with Crippen molar-refractivity contribution >= 4 is 0 Å². The van der Waals surface area contributed by atoms with Crippen LogP contribution in [0.5, 0.6) is 0 Å². The first-order valence-electron chi connectivity index (χ1n) is 6.29. The molecule has 0 aromatic heterocycles. The van der Waals surface area contributed by atoms with Crippen molar-refractivity contribution in [3.05, 3.63) is 34.4 Å². The molecule has 88 valence electrons. The summed E-state index contributed by atoms with van der Waals surface area (Å²) in [6.45, 7) is 6.52. The first kappa shape index (κ1) is 11.6. The maximum Gasteiger partial charge on any atom is 0.100 e. The van der Waals surface area contributed by atoms with Crippen molar-refractivity contribution in [2.45, 2.75) is 58.5 Å². The number of halogens is 1. The molecule has 1 aliphatic rings. The van der Waals surface area contributed by atoms with Crippen LogP contribution in [0.15, 0.2) is 12.1 Å². The van der Waals surface area contributed by atoms with E-state index in [1.54, 1.807) is 0 Å². The second-order valence-electron chi connectivity index (χ2n) is 5.23. The highest BCUT2D eigenvalue weighted by molar-refractivity contribution is 5.38. The van der Waals surface area contributed by atoms with Crippen LogP contribution in [-0.2, 0) is 0 Å². The lowest BCUT2D eigenvalue weighted by molar-refractivity contribution is 0.235. The first-order chi connectivity index (χ1) is 7.58. The van der Waals surface area contributed by atoms with E-state index in [0.717, 1.165) is 25.7 Å². The predicted molar refractivity (Wildman–Crippen MR) is 66.8 cm³/mol. The highest BCUT2D eigenvalue weighted by Gasteiger charge is 2.22. The summed E-state index contributed by atoms with van der Waals surface area (Å²) in [7, 11) is 0. The standard InChI is InChI=1S/C15H21F/c1-10-8-14(9-11(2)12(10)3)13-4-6-15(16)7-5-13/h8-9,13,15H,4-7H2,1-3H3. The van der Waals surface area contributed by atoms with Gasteiger partial charge in [-0.05, 0) is 74.6 Å². The number of hydrogen-bond donors (Lipinski definition) is 0. The molecule has 0 unspecified atom stereocenters. The van der Waals surface area contributed by atoms with Crippen molar-refractivity contribution in [1.82, 2.24) is 0 Å². The lowest BCUT2D eigenvalue weighted by atomic mass is 9.81. The second kappa shape index (κ2) is 4.57. The zero-order valence-electron chi connectivity index (χ0n) is 10.5. The molecule has 1 aliphatic carbocycles. The molecule has 1 heteroatoms. The van der Waals surface area contributed by atoms with Gasteiger partial charge in [-0.15, -0.1) is 0 Å². The fourth-order valence-corrected chi connectivity index (χ4v) is 2.69. The van der Waals surface area contributed by atoms with E-state index in [0.29, 0.717) is 5.92 Å². The average Bonchev–Trinajstić information content (AvgIpc) is 2.26. The highest BCUT2D eigenvalue weighted by atomic mass is 19.1. The zero-order chi connectivity index (χ0) is 11.7. The minimum atomic E-state index is -0.552. The van der Waals surface area contributed by atoms with E-state index in [1.165, 1.54) is 22.3 Å². The van der Waals surface area contributed by atoms with Crippen LogP contribution in [0.1, 0.15) is 53.9 Å². The molecule has 0 radical (unpaired) electrons. The molecule has 1 saturated carbocycles. The summed E-state index contributed by atoms with van der Waals surface area (Å²) in [6.07, 6.45) is 2.98. The first-order valence-corrected chi connectivity index (χ1v) is 6.29. The largest absolute Gasteiger partial charge is 0.247 e. The third-order valence-electron chi connectivity index (χ3n) is 4.08. The number of alkyl halides is 1. The highest BCUT2D eigenvalue weighted by Crippen LogP contribution is 2.35. The molecular weight excluding hydrogens is 199 g/mol. The quantitative estimate of drug-likeness (QED) is 0.648. The van der Waals surface area contributed by atoms with Gasteiger partial charge in [-0.25, -0.2) is 4.39 Å². The van der Waals surface area contributed by atoms with Crippen molar-refractivity contribution in [2.75, 3.05) is 0 Å². The number of rotatable bonds is 1. The molecule has 1 fully saturated rings. The third kappa shape index (κ3) is 2.28. The van der Waals surface area contributed by atoms with E-state index in [-0.39, 0.29) is 0 Å². The summed E-state index contributed by atoms with van der Waals surface area (Å²) in [4.78, 5) is 0. The van der Waals surface area contributed by atoms with Gasteiger partial charge in [0, 0.05) is 0 Å². The van der Waals surface area contributed by atoms with E-state index in [2.05, 4.69) is 32.9 Å². The van der Waals surface area contributed by atoms with Gasteiger partial charge >= 0.3 is 0 Å². The summed E-state index contributed by atoms with van der Waals surface area (Å²) < 4.78 is 13.1. The number of benzene rings is 1. The maximum absolute atomic E-state index is 13.1. The molecule has 0 atom stereocenters. The minimum absolute atomic E-state index is 0.552.